The molecule has 0 spiro atoms. The molecule has 3 aliphatic rings. The molecule has 2 fully saturated rings. The first kappa shape index (κ1) is 18.3. The molecule has 0 radical (unpaired) electrons. The van der Waals surface area contributed by atoms with E-state index in [2.05, 4.69) is 26.3 Å². The number of benzene rings is 1. The van der Waals surface area contributed by atoms with E-state index < -0.39 is 6.04 Å². The molecule has 4 heterocycles. The molecule has 29 heavy (non-hydrogen) atoms. The molecule has 8 nitrogen and oxygen atoms in total. The minimum absolute atomic E-state index is 0.148. The minimum Gasteiger partial charge on any atom is -0.357 e. The molecular formula is C20H21N5O3S. The predicted octanol–water partition coefficient (Wildman–Crippen LogP) is 1.20. The maximum absolute atomic E-state index is 12.9. The molecule has 3 N–H and O–H groups in total. The fourth-order valence-corrected chi connectivity index (χ4v) is 4.83. The van der Waals surface area contributed by atoms with Gasteiger partial charge in [-0.25, -0.2) is 4.98 Å². The van der Waals surface area contributed by atoms with Crippen LogP contribution in [-0.2, 0) is 22.7 Å². The Hall–Kier alpha value is -2.78. The number of carbonyl (C=O) groups is 3. The van der Waals surface area contributed by atoms with Crippen molar-refractivity contribution in [1.29, 1.82) is 0 Å². The van der Waals surface area contributed by atoms with Crippen LogP contribution in [0.3, 0.4) is 0 Å². The van der Waals surface area contributed by atoms with Gasteiger partial charge in [0, 0.05) is 49.5 Å². The summed E-state index contributed by atoms with van der Waals surface area (Å²) < 4.78 is 0. The number of carbonyl (C=O) groups excluding carboxylic acids is 3. The highest BCUT2D eigenvalue weighted by molar-refractivity contribution is 7.13. The molecule has 3 amide bonds. The zero-order valence-electron chi connectivity index (χ0n) is 15.7. The van der Waals surface area contributed by atoms with E-state index in [1.807, 2.05) is 12.1 Å². The number of fused-ring (bicyclic) bond motifs is 1. The average molecular weight is 411 g/mol. The van der Waals surface area contributed by atoms with Crippen LogP contribution in [-0.4, -0.2) is 46.7 Å². The molecule has 2 aromatic rings. The summed E-state index contributed by atoms with van der Waals surface area (Å²) >= 11 is 1.59. The number of piperidine rings is 1. The summed E-state index contributed by atoms with van der Waals surface area (Å²) in [6.45, 7) is 2.91. The van der Waals surface area contributed by atoms with Gasteiger partial charge in [-0.2, -0.15) is 0 Å². The Morgan fingerprint density at radius 2 is 2.10 bits per heavy atom. The number of rotatable bonds is 5. The van der Waals surface area contributed by atoms with Gasteiger partial charge in [0.1, 0.15) is 6.04 Å². The molecule has 9 heteroatoms. The quantitative estimate of drug-likeness (QED) is 0.639. The van der Waals surface area contributed by atoms with Gasteiger partial charge in [0.2, 0.25) is 11.8 Å². The van der Waals surface area contributed by atoms with Crippen LogP contribution in [0.2, 0.25) is 0 Å². The van der Waals surface area contributed by atoms with Crippen molar-refractivity contribution in [3.8, 4) is 0 Å². The molecule has 150 valence electrons. The van der Waals surface area contributed by atoms with Crippen LogP contribution in [0.25, 0.3) is 0 Å². The van der Waals surface area contributed by atoms with E-state index in [0.29, 0.717) is 31.0 Å². The van der Waals surface area contributed by atoms with Crippen molar-refractivity contribution in [2.75, 3.05) is 18.4 Å². The normalized spacial score (nSPS) is 21.7. The monoisotopic (exact) mass is 411 g/mol. The third-order valence-electron chi connectivity index (χ3n) is 5.83. The van der Waals surface area contributed by atoms with E-state index in [9.17, 15) is 14.4 Å². The second-order valence-corrected chi connectivity index (χ2v) is 8.49. The number of nitrogens with one attached hydrogen (secondary N) is 3. The summed E-state index contributed by atoms with van der Waals surface area (Å²) in [6.07, 6.45) is 0.629. The molecule has 3 aliphatic heterocycles. The summed E-state index contributed by atoms with van der Waals surface area (Å²) in [6, 6.07) is 5.08. The molecule has 2 saturated heterocycles. The average Bonchev–Trinajstić information content (AvgIpc) is 3.24. The van der Waals surface area contributed by atoms with Crippen LogP contribution in [0.15, 0.2) is 23.6 Å². The van der Waals surface area contributed by atoms with Gasteiger partial charge in [-0.3, -0.25) is 19.7 Å². The third kappa shape index (κ3) is 3.30. The van der Waals surface area contributed by atoms with E-state index in [0.717, 1.165) is 35.0 Å². The molecule has 0 saturated carbocycles. The van der Waals surface area contributed by atoms with Crippen LogP contribution in [0.5, 0.6) is 0 Å². The standard InChI is InChI=1S/C20H21N5O3S/c26-17-5-4-16(18(27)24-17)25-9-14-11(2-1-3-13(14)19(25)28)8-22-20-23-15(10-29-20)12-6-21-7-12/h1-3,10,12,16,21H,4-9H2,(H,22,23)(H,24,26,27). The summed E-state index contributed by atoms with van der Waals surface area (Å²) in [5.74, 6) is -0.309. The number of anilines is 1. The lowest BCUT2D eigenvalue weighted by Gasteiger charge is -2.29. The van der Waals surface area contributed by atoms with E-state index in [4.69, 9.17) is 0 Å². The molecule has 0 aliphatic carbocycles. The number of hydrogen-bond donors (Lipinski definition) is 3. The van der Waals surface area contributed by atoms with E-state index in [1.165, 1.54) is 0 Å². The highest BCUT2D eigenvalue weighted by Crippen LogP contribution is 2.31. The summed E-state index contributed by atoms with van der Waals surface area (Å²) in [5.41, 5.74) is 3.71. The van der Waals surface area contributed by atoms with Gasteiger partial charge in [-0.05, 0) is 23.6 Å². The summed E-state index contributed by atoms with van der Waals surface area (Å²) in [7, 11) is 0. The topological polar surface area (TPSA) is 103 Å². The zero-order valence-corrected chi connectivity index (χ0v) is 16.6. The first-order valence-corrected chi connectivity index (χ1v) is 10.6. The van der Waals surface area contributed by atoms with Gasteiger partial charge in [-0.1, -0.05) is 12.1 Å². The van der Waals surface area contributed by atoms with E-state index in [-0.39, 0.29) is 24.1 Å². The Kier molecular flexibility index (Phi) is 4.56. The largest absolute Gasteiger partial charge is 0.357 e. The third-order valence-corrected chi connectivity index (χ3v) is 6.65. The Morgan fingerprint density at radius 1 is 1.24 bits per heavy atom. The second kappa shape index (κ2) is 7.23. The lowest BCUT2D eigenvalue weighted by atomic mass is 10.0. The van der Waals surface area contributed by atoms with Crippen molar-refractivity contribution in [2.24, 2.45) is 0 Å². The van der Waals surface area contributed by atoms with E-state index in [1.54, 1.807) is 22.3 Å². The molecule has 1 atom stereocenters. The molecule has 1 aromatic carbocycles. The molecular weight excluding hydrogens is 390 g/mol. The number of thiazole rings is 1. The SMILES string of the molecule is O=C1CCC(N2Cc3c(CNc4nc(C5CNC5)cs4)cccc3C2=O)C(=O)N1. The van der Waals surface area contributed by atoms with Crippen molar-refractivity contribution >= 4 is 34.2 Å². The van der Waals surface area contributed by atoms with Crippen LogP contribution in [0.4, 0.5) is 5.13 Å². The highest BCUT2D eigenvalue weighted by Gasteiger charge is 2.39. The number of nitrogens with zero attached hydrogens (tertiary/aromatic N) is 2. The van der Waals surface area contributed by atoms with Crippen molar-refractivity contribution in [1.82, 2.24) is 20.5 Å². The first-order valence-electron chi connectivity index (χ1n) is 9.75. The van der Waals surface area contributed by atoms with E-state index >= 15 is 0 Å². The smallest absolute Gasteiger partial charge is 0.255 e. The first-order chi connectivity index (χ1) is 14.1. The minimum atomic E-state index is -0.592. The van der Waals surface area contributed by atoms with Crippen molar-refractivity contribution < 1.29 is 14.4 Å². The van der Waals surface area contributed by atoms with Crippen molar-refractivity contribution in [3.63, 3.8) is 0 Å². The van der Waals surface area contributed by atoms with Gasteiger partial charge in [0.05, 0.1) is 5.69 Å². The van der Waals surface area contributed by atoms with Gasteiger partial charge >= 0.3 is 0 Å². The fraction of sp³-hybridized carbons (Fsp3) is 0.400. The van der Waals surface area contributed by atoms with Crippen LogP contribution >= 0.6 is 11.3 Å². The number of amides is 3. The predicted molar refractivity (Wildman–Crippen MR) is 108 cm³/mol. The molecule has 0 bridgehead atoms. The highest BCUT2D eigenvalue weighted by atomic mass is 32.1. The van der Waals surface area contributed by atoms with Gasteiger partial charge in [0.15, 0.2) is 5.13 Å². The van der Waals surface area contributed by atoms with Crippen molar-refractivity contribution in [3.05, 3.63) is 46.0 Å². The zero-order chi connectivity index (χ0) is 20.0. The number of imide groups is 1. The summed E-state index contributed by atoms with van der Waals surface area (Å²) in [5, 5.41) is 11.9. The molecule has 1 unspecified atom stereocenters. The Bertz CT molecular complexity index is 1000. The number of hydrogen-bond acceptors (Lipinski definition) is 7. The molecule has 5 rings (SSSR count). The van der Waals surface area contributed by atoms with Crippen LogP contribution in [0, 0.1) is 0 Å². The Labute approximate surface area is 171 Å². The lowest BCUT2D eigenvalue weighted by molar-refractivity contribution is -0.136. The lowest BCUT2D eigenvalue weighted by Crippen LogP contribution is -2.52. The van der Waals surface area contributed by atoms with Crippen LogP contribution in [0.1, 0.15) is 45.9 Å². The fourth-order valence-electron chi connectivity index (χ4n) is 4.04. The maximum Gasteiger partial charge on any atom is 0.255 e. The van der Waals surface area contributed by atoms with Gasteiger partial charge in [-0.15, -0.1) is 11.3 Å². The summed E-state index contributed by atoms with van der Waals surface area (Å²) in [4.78, 5) is 42.8. The molecule has 1 aromatic heterocycles. The Balaban J connectivity index is 1.31. The van der Waals surface area contributed by atoms with Crippen LogP contribution < -0.4 is 16.0 Å². The van der Waals surface area contributed by atoms with Gasteiger partial charge < -0.3 is 15.5 Å². The second-order valence-electron chi connectivity index (χ2n) is 7.63. The van der Waals surface area contributed by atoms with Crippen molar-refractivity contribution in [2.45, 2.75) is 37.9 Å². The number of aromatic nitrogens is 1. The Morgan fingerprint density at radius 3 is 2.86 bits per heavy atom. The van der Waals surface area contributed by atoms with Gasteiger partial charge in [0.25, 0.3) is 5.91 Å². The maximum atomic E-state index is 12.9.